The molecule has 24 heavy (non-hydrogen) atoms. The van der Waals surface area contributed by atoms with Gasteiger partial charge < -0.3 is 10.1 Å². The molecule has 1 heterocycles. The number of benzene rings is 1. The van der Waals surface area contributed by atoms with Crippen LogP contribution in [0.2, 0.25) is 0 Å². The standard InChI is InChI=1S/C16H14F4N2O2/c1-24-15(23)13(10-2-5-12(17)6-3-10)9-22-14-7-4-11(8-21-14)16(18,19)20/h2-8,13H,9H2,1H3,(H,21,22). The lowest BCUT2D eigenvalue weighted by Crippen LogP contribution is -2.23. The van der Waals surface area contributed by atoms with Crippen LogP contribution in [-0.4, -0.2) is 24.6 Å². The van der Waals surface area contributed by atoms with Crippen LogP contribution in [0, 0.1) is 5.82 Å². The van der Waals surface area contributed by atoms with Gasteiger partial charge >= 0.3 is 12.1 Å². The van der Waals surface area contributed by atoms with Gasteiger partial charge in [0, 0.05) is 12.7 Å². The lowest BCUT2D eigenvalue weighted by Gasteiger charge is -2.16. The number of ether oxygens (including phenoxy) is 1. The van der Waals surface area contributed by atoms with Crippen LogP contribution < -0.4 is 5.32 Å². The van der Waals surface area contributed by atoms with E-state index in [-0.39, 0.29) is 12.4 Å². The van der Waals surface area contributed by atoms with Crippen LogP contribution >= 0.6 is 0 Å². The summed E-state index contributed by atoms with van der Waals surface area (Å²) in [5.41, 5.74) is -0.348. The zero-order chi connectivity index (χ0) is 17.7. The Morgan fingerprint density at radius 3 is 2.38 bits per heavy atom. The average molecular weight is 342 g/mol. The van der Waals surface area contributed by atoms with E-state index in [1.807, 2.05) is 0 Å². The Morgan fingerprint density at radius 1 is 1.21 bits per heavy atom. The molecule has 0 spiro atoms. The number of halogens is 4. The summed E-state index contributed by atoms with van der Waals surface area (Å²) in [5.74, 6) is -1.57. The molecule has 0 saturated heterocycles. The normalized spacial score (nSPS) is 12.5. The van der Waals surface area contributed by atoms with Crippen LogP contribution in [0.25, 0.3) is 0 Å². The van der Waals surface area contributed by atoms with Crippen LogP contribution in [0.5, 0.6) is 0 Å². The van der Waals surface area contributed by atoms with E-state index in [0.717, 1.165) is 6.07 Å². The molecule has 1 atom stereocenters. The van der Waals surface area contributed by atoms with E-state index in [1.165, 1.54) is 37.4 Å². The van der Waals surface area contributed by atoms with E-state index in [9.17, 15) is 22.4 Å². The quantitative estimate of drug-likeness (QED) is 0.666. The third-order valence-electron chi connectivity index (χ3n) is 3.34. The maximum absolute atomic E-state index is 13.0. The van der Waals surface area contributed by atoms with Gasteiger partial charge in [0.2, 0.25) is 0 Å². The Hall–Kier alpha value is -2.64. The van der Waals surface area contributed by atoms with Gasteiger partial charge in [-0.25, -0.2) is 9.37 Å². The first-order chi connectivity index (χ1) is 11.3. The van der Waals surface area contributed by atoms with Crippen LogP contribution in [0.3, 0.4) is 0 Å². The highest BCUT2D eigenvalue weighted by atomic mass is 19.4. The summed E-state index contributed by atoms with van der Waals surface area (Å²) in [6, 6.07) is 7.36. The predicted molar refractivity (Wildman–Crippen MR) is 78.9 cm³/mol. The second-order valence-electron chi connectivity index (χ2n) is 4.94. The number of nitrogens with one attached hydrogen (secondary N) is 1. The molecule has 1 N–H and O–H groups in total. The number of hydrogen-bond acceptors (Lipinski definition) is 4. The summed E-state index contributed by atoms with van der Waals surface area (Å²) in [6.45, 7) is 0.0384. The monoisotopic (exact) mass is 342 g/mol. The first-order valence-electron chi connectivity index (χ1n) is 6.91. The maximum atomic E-state index is 13.0. The van der Waals surface area contributed by atoms with Gasteiger partial charge in [-0.2, -0.15) is 13.2 Å². The van der Waals surface area contributed by atoms with Gasteiger partial charge in [-0.15, -0.1) is 0 Å². The predicted octanol–water partition coefficient (Wildman–Crippen LogP) is 3.61. The topological polar surface area (TPSA) is 51.2 Å². The van der Waals surface area contributed by atoms with Crippen molar-refractivity contribution in [1.29, 1.82) is 0 Å². The number of aromatic nitrogens is 1. The van der Waals surface area contributed by atoms with Crippen molar-refractivity contribution in [2.45, 2.75) is 12.1 Å². The Balaban J connectivity index is 2.10. The Labute approximate surface area is 135 Å². The molecule has 0 aliphatic heterocycles. The molecule has 4 nitrogen and oxygen atoms in total. The fraction of sp³-hybridized carbons (Fsp3) is 0.250. The van der Waals surface area contributed by atoms with Crippen molar-refractivity contribution in [2.24, 2.45) is 0 Å². The van der Waals surface area contributed by atoms with E-state index in [4.69, 9.17) is 4.74 Å². The molecule has 0 aliphatic carbocycles. The number of hydrogen-bond donors (Lipinski definition) is 1. The van der Waals surface area contributed by atoms with E-state index >= 15 is 0 Å². The molecule has 0 saturated carbocycles. The van der Waals surface area contributed by atoms with Gasteiger partial charge in [0.25, 0.3) is 0 Å². The molecular weight excluding hydrogens is 328 g/mol. The van der Waals surface area contributed by atoms with E-state index in [0.29, 0.717) is 11.8 Å². The Kier molecular flexibility index (Phi) is 5.38. The largest absolute Gasteiger partial charge is 0.468 e. The number of rotatable bonds is 5. The lowest BCUT2D eigenvalue weighted by atomic mass is 9.99. The number of carbonyl (C=O) groups is 1. The molecule has 8 heteroatoms. The number of anilines is 1. The van der Waals surface area contributed by atoms with Gasteiger partial charge in [0.05, 0.1) is 18.6 Å². The first-order valence-corrected chi connectivity index (χ1v) is 6.91. The minimum absolute atomic E-state index is 0.0384. The van der Waals surface area contributed by atoms with Crippen LogP contribution in [-0.2, 0) is 15.7 Å². The Bertz CT molecular complexity index is 685. The van der Waals surface area contributed by atoms with E-state index in [1.54, 1.807) is 0 Å². The summed E-state index contributed by atoms with van der Waals surface area (Å²) in [7, 11) is 1.22. The Morgan fingerprint density at radius 2 is 1.88 bits per heavy atom. The second-order valence-corrected chi connectivity index (χ2v) is 4.94. The molecule has 1 aromatic carbocycles. The van der Waals surface area contributed by atoms with Gasteiger partial charge in [-0.1, -0.05) is 12.1 Å². The van der Waals surface area contributed by atoms with Crippen molar-refractivity contribution in [3.8, 4) is 0 Å². The first kappa shape index (κ1) is 17.7. The highest BCUT2D eigenvalue weighted by Gasteiger charge is 2.30. The fourth-order valence-corrected chi connectivity index (χ4v) is 2.05. The molecule has 0 amide bonds. The van der Waals surface area contributed by atoms with Crippen LogP contribution in [0.4, 0.5) is 23.4 Å². The molecular formula is C16H14F4N2O2. The highest BCUT2D eigenvalue weighted by molar-refractivity contribution is 5.78. The molecule has 0 fully saturated rings. The number of carbonyl (C=O) groups excluding carboxylic acids is 1. The summed E-state index contributed by atoms with van der Waals surface area (Å²) in [5, 5.41) is 2.78. The molecule has 1 aromatic heterocycles. The summed E-state index contributed by atoms with van der Waals surface area (Å²) >= 11 is 0. The van der Waals surface area contributed by atoms with Crippen molar-refractivity contribution < 1.29 is 27.1 Å². The van der Waals surface area contributed by atoms with Crippen molar-refractivity contribution in [3.63, 3.8) is 0 Å². The summed E-state index contributed by atoms with van der Waals surface area (Å²) < 4.78 is 55.2. The average Bonchev–Trinajstić information content (AvgIpc) is 2.56. The molecule has 128 valence electrons. The van der Waals surface area contributed by atoms with E-state index < -0.39 is 29.4 Å². The third kappa shape index (κ3) is 4.43. The minimum atomic E-state index is -4.46. The zero-order valence-corrected chi connectivity index (χ0v) is 12.6. The van der Waals surface area contributed by atoms with Gasteiger partial charge in [-0.05, 0) is 29.8 Å². The van der Waals surface area contributed by atoms with Gasteiger partial charge in [0.15, 0.2) is 0 Å². The number of pyridine rings is 1. The van der Waals surface area contributed by atoms with Gasteiger partial charge in [0.1, 0.15) is 11.6 Å². The zero-order valence-electron chi connectivity index (χ0n) is 12.6. The fourth-order valence-electron chi connectivity index (χ4n) is 2.05. The van der Waals surface area contributed by atoms with Crippen LogP contribution in [0.15, 0.2) is 42.6 Å². The third-order valence-corrected chi connectivity index (χ3v) is 3.34. The second kappa shape index (κ2) is 7.29. The lowest BCUT2D eigenvalue weighted by molar-refractivity contribution is -0.142. The number of methoxy groups -OCH3 is 1. The van der Waals surface area contributed by atoms with E-state index in [2.05, 4.69) is 10.3 Å². The smallest absolute Gasteiger partial charge is 0.417 e. The number of nitrogens with zero attached hydrogens (tertiary/aromatic N) is 1. The summed E-state index contributed by atoms with van der Waals surface area (Å²) in [6.07, 6.45) is -3.76. The van der Waals surface area contributed by atoms with Crippen LogP contribution in [0.1, 0.15) is 17.0 Å². The minimum Gasteiger partial charge on any atom is -0.468 e. The van der Waals surface area contributed by atoms with Gasteiger partial charge in [-0.3, -0.25) is 4.79 Å². The van der Waals surface area contributed by atoms with Crippen molar-refractivity contribution >= 4 is 11.8 Å². The van der Waals surface area contributed by atoms with Crippen molar-refractivity contribution in [1.82, 2.24) is 4.98 Å². The summed E-state index contributed by atoms with van der Waals surface area (Å²) in [4.78, 5) is 15.5. The molecule has 0 radical (unpaired) electrons. The molecule has 0 bridgehead atoms. The molecule has 0 aliphatic rings. The molecule has 2 aromatic rings. The number of esters is 1. The van der Waals surface area contributed by atoms with Crippen molar-refractivity contribution in [2.75, 3.05) is 19.0 Å². The molecule has 1 unspecified atom stereocenters. The number of alkyl halides is 3. The highest BCUT2D eigenvalue weighted by Crippen LogP contribution is 2.29. The SMILES string of the molecule is COC(=O)C(CNc1ccc(C(F)(F)F)cn1)c1ccc(F)cc1. The van der Waals surface area contributed by atoms with Crippen molar-refractivity contribution in [3.05, 3.63) is 59.5 Å². The molecule has 2 rings (SSSR count). The maximum Gasteiger partial charge on any atom is 0.417 e.